The van der Waals surface area contributed by atoms with Gasteiger partial charge in [0.15, 0.2) is 17.6 Å². The Hall–Kier alpha value is -3.80. The van der Waals surface area contributed by atoms with Crippen molar-refractivity contribution in [3.8, 4) is 22.6 Å². The van der Waals surface area contributed by atoms with Crippen LogP contribution in [0, 0.1) is 0 Å². The SMILES string of the molecule is COc1cccc(C(=O)O[C@@H](C)C(=O)Nc2ccccc2-c2ccccc2)c1OC. The zero-order chi connectivity index (χ0) is 21.5. The van der Waals surface area contributed by atoms with Gasteiger partial charge in [-0.25, -0.2) is 4.79 Å². The lowest BCUT2D eigenvalue weighted by Gasteiger charge is -2.17. The molecule has 1 atom stereocenters. The highest BCUT2D eigenvalue weighted by molar-refractivity contribution is 6.00. The highest BCUT2D eigenvalue weighted by atomic mass is 16.6. The number of ether oxygens (including phenoxy) is 3. The van der Waals surface area contributed by atoms with Crippen LogP contribution in [0.25, 0.3) is 11.1 Å². The molecule has 0 aliphatic heterocycles. The fourth-order valence-corrected chi connectivity index (χ4v) is 3.02. The topological polar surface area (TPSA) is 73.9 Å². The third-order valence-corrected chi connectivity index (χ3v) is 4.55. The van der Waals surface area contributed by atoms with E-state index in [1.54, 1.807) is 24.3 Å². The number of nitrogens with one attached hydrogen (secondary N) is 1. The molecule has 3 aromatic carbocycles. The molecule has 0 fully saturated rings. The number of para-hydroxylation sites is 2. The standard InChI is InChI=1S/C24H23NO5/c1-16(30-24(27)19-13-9-15-21(28-2)22(19)29-3)23(26)25-20-14-8-7-12-18(20)17-10-5-4-6-11-17/h4-16H,1-3H3,(H,25,26)/t16-/m0/s1. The van der Waals surface area contributed by atoms with E-state index in [-0.39, 0.29) is 11.3 Å². The molecule has 0 spiro atoms. The van der Waals surface area contributed by atoms with Gasteiger partial charge in [-0.1, -0.05) is 54.6 Å². The number of rotatable bonds is 7. The van der Waals surface area contributed by atoms with Crippen LogP contribution >= 0.6 is 0 Å². The Morgan fingerprint density at radius 2 is 1.53 bits per heavy atom. The number of esters is 1. The largest absolute Gasteiger partial charge is 0.493 e. The van der Waals surface area contributed by atoms with Crippen molar-refractivity contribution < 1.29 is 23.8 Å². The van der Waals surface area contributed by atoms with Gasteiger partial charge in [-0.3, -0.25) is 4.79 Å². The number of methoxy groups -OCH3 is 2. The average Bonchev–Trinajstić information content (AvgIpc) is 2.79. The van der Waals surface area contributed by atoms with Crippen molar-refractivity contribution in [3.63, 3.8) is 0 Å². The third-order valence-electron chi connectivity index (χ3n) is 4.55. The van der Waals surface area contributed by atoms with Crippen LogP contribution in [0.3, 0.4) is 0 Å². The number of hydrogen-bond donors (Lipinski definition) is 1. The molecule has 0 unspecified atom stereocenters. The lowest BCUT2D eigenvalue weighted by molar-refractivity contribution is -0.123. The minimum absolute atomic E-state index is 0.182. The molecule has 0 aliphatic carbocycles. The maximum atomic E-state index is 12.7. The first kappa shape index (κ1) is 20.9. The van der Waals surface area contributed by atoms with Gasteiger partial charge in [-0.05, 0) is 30.7 Å². The molecule has 154 valence electrons. The predicted molar refractivity (Wildman–Crippen MR) is 115 cm³/mol. The van der Waals surface area contributed by atoms with Gasteiger partial charge in [-0.15, -0.1) is 0 Å². The Labute approximate surface area is 175 Å². The van der Waals surface area contributed by atoms with E-state index in [0.29, 0.717) is 11.4 Å². The normalized spacial score (nSPS) is 11.3. The summed E-state index contributed by atoms with van der Waals surface area (Å²) in [7, 11) is 2.92. The second-order valence-electron chi connectivity index (χ2n) is 6.49. The first-order valence-corrected chi connectivity index (χ1v) is 9.42. The fraction of sp³-hybridized carbons (Fsp3) is 0.167. The van der Waals surface area contributed by atoms with Crippen LogP contribution in [0.2, 0.25) is 0 Å². The molecule has 0 aromatic heterocycles. The van der Waals surface area contributed by atoms with Crippen LogP contribution in [-0.2, 0) is 9.53 Å². The van der Waals surface area contributed by atoms with Gasteiger partial charge in [0.25, 0.3) is 5.91 Å². The second kappa shape index (κ2) is 9.60. The Morgan fingerprint density at radius 1 is 0.833 bits per heavy atom. The van der Waals surface area contributed by atoms with Crippen molar-refractivity contribution in [3.05, 3.63) is 78.4 Å². The number of anilines is 1. The summed E-state index contributed by atoms with van der Waals surface area (Å²) in [6.07, 6.45) is -1.02. The third kappa shape index (κ3) is 4.60. The molecule has 3 rings (SSSR count). The number of carbonyl (C=O) groups is 2. The molecule has 1 amide bonds. The van der Waals surface area contributed by atoms with Gasteiger partial charge in [-0.2, -0.15) is 0 Å². The summed E-state index contributed by atoms with van der Waals surface area (Å²) in [4.78, 5) is 25.3. The van der Waals surface area contributed by atoms with E-state index in [4.69, 9.17) is 14.2 Å². The van der Waals surface area contributed by atoms with Crippen molar-refractivity contribution in [2.24, 2.45) is 0 Å². The molecule has 3 aromatic rings. The number of benzene rings is 3. The van der Waals surface area contributed by atoms with Gasteiger partial charge < -0.3 is 19.5 Å². The summed E-state index contributed by atoms with van der Waals surface area (Å²) in [5.41, 5.74) is 2.66. The van der Waals surface area contributed by atoms with Gasteiger partial charge in [0.2, 0.25) is 0 Å². The quantitative estimate of drug-likeness (QED) is 0.584. The van der Waals surface area contributed by atoms with Crippen molar-refractivity contribution in [2.45, 2.75) is 13.0 Å². The Morgan fingerprint density at radius 3 is 2.23 bits per heavy atom. The number of hydrogen-bond acceptors (Lipinski definition) is 5. The van der Waals surface area contributed by atoms with E-state index < -0.39 is 18.0 Å². The fourth-order valence-electron chi connectivity index (χ4n) is 3.02. The van der Waals surface area contributed by atoms with Crippen LogP contribution in [0.4, 0.5) is 5.69 Å². The number of amides is 1. The van der Waals surface area contributed by atoms with Crippen LogP contribution in [0.15, 0.2) is 72.8 Å². The van der Waals surface area contributed by atoms with Crippen LogP contribution in [0.1, 0.15) is 17.3 Å². The Kier molecular flexibility index (Phi) is 6.70. The maximum absolute atomic E-state index is 12.7. The minimum Gasteiger partial charge on any atom is -0.493 e. The van der Waals surface area contributed by atoms with E-state index in [1.807, 2.05) is 48.5 Å². The van der Waals surface area contributed by atoms with E-state index in [9.17, 15) is 9.59 Å². The average molecular weight is 405 g/mol. The van der Waals surface area contributed by atoms with Crippen molar-refractivity contribution in [2.75, 3.05) is 19.5 Å². The Balaban J connectivity index is 1.75. The molecule has 0 aliphatic rings. The minimum atomic E-state index is -1.02. The van der Waals surface area contributed by atoms with Crippen molar-refractivity contribution >= 4 is 17.6 Å². The highest BCUT2D eigenvalue weighted by Crippen LogP contribution is 2.31. The van der Waals surface area contributed by atoms with Gasteiger partial charge >= 0.3 is 5.97 Å². The zero-order valence-electron chi connectivity index (χ0n) is 17.0. The summed E-state index contributed by atoms with van der Waals surface area (Å²) in [5.74, 6) is -0.453. The summed E-state index contributed by atoms with van der Waals surface area (Å²) in [6, 6.07) is 22.1. The smallest absolute Gasteiger partial charge is 0.342 e. The predicted octanol–water partition coefficient (Wildman–Crippen LogP) is 4.55. The molecule has 6 heteroatoms. The molecule has 0 heterocycles. The van der Waals surface area contributed by atoms with Crippen molar-refractivity contribution in [1.82, 2.24) is 0 Å². The van der Waals surface area contributed by atoms with Gasteiger partial charge in [0.05, 0.1) is 14.2 Å². The summed E-state index contributed by atoms with van der Waals surface area (Å²) < 4.78 is 15.8. The molecular weight excluding hydrogens is 382 g/mol. The van der Waals surface area contributed by atoms with Crippen LogP contribution in [-0.4, -0.2) is 32.2 Å². The molecular formula is C24H23NO5. The molecule has 0 bridgehead atoms. The van der Waals surface area contributed by atoms with Gasteiger partial charge in [0, 0.05) is 11.3 Å². The molecule has 0 radical (unpaired) electrons. The second-order valence-corrected chi connectivity index (χ2v) is 6.49. The summed E-state index contributed by atoms with van der Waals surface area (Å²) in [6.45, 7) is 1.52. The molecule has 0 saturated heterocycles. The number of carbonyl (C=O) groups excluding carboxylic acids is 2. The summed E-state index contributed by atoms with van der Waals surface area (Å²) in [5, 5.41) is 2.84. The maximum Gasteiger partial charge on any atom is 0.342 e. The molecule has 30 heavy (non-hydrogen) atoms. The Bertz CT molecular complexity index is 1030. The van der Waals surface area contributed by atoms with Crippen LogP contribution < -0.4 is 14.8 Å². The van der Waals surface area contributed by atoms with E-state index in [0.717, 1.165) is 11.1 Å². The molecule has 6 nitrogen and oxygen atoms in total. The highest BCUT2D eigenvalue weighted by Gasteiger charge is 2.23. The van der Waals surface area contributed by atoms with E-state index in [2.05, 4.69) is 5.32 Å². The first-order valence-electron chi connectivity index (χ1n) is 9.42. The molecule has 1 N–H and O–H groups in total. The molecule has 0 saturated carbocycles. The van der Waals surface area contributed by atoms with Gasteiger partial charge in [0.1, 0.15) is 5.56 Å². The zero-order valence-corrected chi connectivity index (χ0v) is 17.0. The lowest BCUT2D eigenvalue weighted by atomic mass is 10.0. The summed E-state index contributed by atoms with van der Waals surface area (Å²) >= 11 is 0. The van der Waals surface area contributed by atoms with E-state index in [1.165, 1.54) is 21.1 Å². The first-order chi connectivity index (χ1) is 14.5. The van der Waals surface area contributed by atoms with Crippen molar-refractivity contribution in [1.29, 1.82) is 0 Å². The van der Waals surface area contributed by atoms with Crippen LogP contribution in [0.5, 0.6) is 11.5 Å². The lowest BCUT2D eigenvalue weighted by Crippen LogP contribution is -2.30. The monoisotopic (exact) mass is 405 g/mol. The van der Waals surface area contributed by atoms with E-state index >= 15 is 0 Å².